The van der Waals surface area contributed by atoms with Crippen LogP contribution < -0.4 is 0 Å². The number of imidazole rings is 1. The number of rotatable bonds is 5. The van der Waals surface area contributed by atoms with E-state index in [-0.39, 0.29) is 5.91 Å². The molecule has 0 bridgehead atoms. The lowest BCUT2D eigenvalue weighted by Gasteiger charge is -2.32. The fraction of sp³-hybridized carbons (Fsp3) is 0.571. The van der Waals surface area contributed by atoms with Crippen molar-refractivity contribution in [2.45, 2.75) is 58.4 Å². The van der Waals surface area contributed by atoms with Crippen LogP contribution in [-0.2, 0) is 6.54 Å². The van der Waals surface area contributed by atoms with Crippen LogP contribution in [0.1, 0.15) is 65.6 Å². The van der Waals surface area contributed by atoms with Gasteiger partial charge in [-0.2, -0.15) is 0 Å². The minimum atomic E-state index is 0.135. The highest BCUT2D eigenvalue weighted by atomic mass is 16.2. The first-order valence-corrected chi connectivity index (χ1v) is 9.86. The van der Waals surface area contributed by atoms with Crippen molar-refractivity contribution in [2.24, 2.45) is 5.92 Å². The molecule has 5 nitrogen and oxygen atoms in total. The van der Waals surface area contributed by atoms with Gasteiger partial charge in [-0.3, -0.25) is 9.78 Å². The number of piperidine rings is 1. The second-order valence-electron chi connectivity index (χ2n) is 7.84. The van der Waals surface area contributed by atoms with Crippen LogP contribution in [0.2, 0.25) is 0 Å². The van der Waals surface area contributed by atoms with E-state index in [1.54, 1.807) is 6.20 Å². The first-order valence-electron chi connectivity index (χ1n) is 9.86. The van der Waals surface area contributed by atoms with E-state index in [4.69, 9.17) is 0 Å². The predicted molar refractivity (Wildman–Crippen MR) is 101 cm³/mol. The van der Waals surface area contributed by atoms with Crippen molar-refractivity contribution in [1.82, 2.24) is 19.4 Å². The van der Waals surface area contributed by atoms with Crippen LogP contribution in [0.3, 0.4) is 0 Å². The van der Waals surface area contributed by atoms with Crippen LogP contribution in [0, 0.1) is 19.8 Å². The number of pyridine rings is 1. The second-order valence-corrected chi connectivity index (χ2v) is 7.84. The van der Waals surface area contributed by atoms with Gasteiger partial charge in [0, 0.05) is 49.3 Å². The molecule has 0 N–H and O–H groups in total. The number of carbonyl (C=O) groups excluding carboxylic acids is 1. The highest BCUT2D eigenvalue weighted by molar-refractivity contribution is 5.95. The van der Waals surface area contributed by atoms with Crippen LogP contribution in [0.15, 0.2) is 24.5 Å². The topological polar surface area (TPSA) is 51.0 Å². The third kappa shape index (κ3) is 3.53. The molecule has 1 saturated carbocycles. The Morgan fingerprint density at radius 2 is 1.92 bits per heavy atom. The average molecular weight is 352 g/mol. The van der Waals surface area contributed by atoms with Crippen molar-refractivity contribution in [1.29, 1.82) is 0 Å². The molecule has 0 aromatic carbocycles. The Morgan fingerprint density at radius 3 is 2.62 bits per heavy atom. The zero-order chi connectivity index (χ0) is 18.1. The van der Waals surface area contributed by atoms with Gasteiger partial charge in [0.25, 0.3) is 5.91 Å². The first kappa shape index (κ1) is 17.3. The van der Waals surface area contributed by atoms with Gasteiger partial charge < -0.3 is 9.47 Å². The van der Waals surface area contributed by atoms with Gasteiger partial charge >= 0.3 is 0 Å². The van der Waals surface area contributed by atoms with Gasteiger partial charge in [0.15, 0.2) is 0 Å². The van der Waals surface area contributed by atoms with E-state index < -0.39 is 0 Å². The van der Waals surface area contributed by atoms with Gasteiger partial charge in [0.05, 0.1) is 5.56 Å². The molecule has 0 spiro atoms. The third-order valence-electron chi connectivity index (χ3n) is 5.93. The molecule has 26 heavy (non-hydrogen) atoms. The molecule has 0 radical (unpaired) electrons. The molecule has 1 amide bonds. The summed E-state index contributed by atoms with van der Waals surface area (Å²) in [4.78, 5) is 23.6. The molecule has 1 aliphatic carbocycles. The smallest absolute Gasteiger partial charge is 0.255 e. The zero-order valence-electron chi connectivity index (χ0n) is 15.8. The molecule has 2 aliphatic rings. The van der Waals surface area contributed by atoms with E-state index in [9.17, 15) is 4.79 Å². The predicted octanol–water partition coefficient (Wildman–Crippen LogP) is 3.71. The fourth-order valence-corrected chi connectivity index (χ4v) is 4.05. The van der Waals surface area contributed by atoms with E-state index in [0.29, 0.717) is 11.8 Å². The maximum atomic E-state index is 12.7. The van der Waals surface area contributed by atoms with Crippen molar-refractivity contribution in [2.75, 3.05) is 13.1 Å². The molecule has 138 valence electrons. The van der Waals surface area contributed by atoms with E-state index in [2.05, 4.69) is 21.5 Å². The Balaban J connectivity index is 1.31. The third-order valence-corrected chi connectivity index (χ3v) is 5.93. The number of aryl methyl sites for hydroxylation is 2. The van der Waals surface area contributed by atoms with Crippen LogP contribution in [0.4, 0.5) is 0 Å². The number of carbonyl (C=O) groups is 1. The van der Waals surface area contributed by atoms with Crippen LogP contribution >= 0.6 is 0 Å². The van der Waals surface area contributed by atoms with E-state index in [1.165, 1.54) is 30.8 Å². The second kappa shape index (κ2) is 7.22. The van der Waals surface area contributed by atoms with Gasteiger partial charge in [-0.15, -0.1) is 0 Å². The number of hydrogen-bond acceptors (Lipinski definition) is 3. The maximum Gasteiger partial charge on any atom is 0.255 e. The summed E-state index contributed by atoms with van der Waals surface area (Å²) in [7, 11) is 0. The normalized spacial score (nSPS) is 18.3. The van der Waals surface area contributed by atoms with Crippen molar-refractivity contribution in [3.63, 3.8) is 0 Å². The summed E-state index contributed by atoms with van der Waals surface area (Å²) in [5, 5.41) is 0. The molecule has 0 atom stereocenters. The minimum absolute atomic E-state index is 0.135. The summed E-state index contributed by atoms with van der Waals surface area (Å²) in [6, 6.07) is 3.73. The lowest BCUT2D eigenvalue weighted by Crippen LogP contribution is -2.39. The Bertz CT molecular complexity index is 785. The van der Waals surface area contributed by atoms with E-state index >= 15 is 0 Å². The number of nitrogens with zero attached hydrogens (tertiary/aromatic N) is 4. The standard InChI is InChI=1S/C21H28N4O/c1-15-14-23-20(18-5-6-18)25(15)13-9-17-7-11-24(12-8-17)21(26)19-4-3-10-22-16(19)2/h3-4,10,14,17-18H,5-9,11-13H2,1-2H3. The van der Waals surface area contributed by atoms with Crippen molar-refractivity contribution in [3.05, 3.63) is 47.3 Å². The van der Waals surface area contributed by atoms with Crippen LogP contribution in [-0.4, -0.2) is 38.4 Å². The monoisotopic (exact) mass is 352 g/mol. The Labute approximate surface area is 155 Å². The molecular formula is C21H28N4O. The Hall–Kier alpha value is -2.17. The van der Waals surface area contributed by atoms with Gasteiger partial charge in [0.1, 0.15) is 5.82 Å². The molecule has 0 unspecified atom stereocenters. The SMILES string of the molecule is Cc1ncccc1C(=O)N1CCC(CCn2c(C)cnc2C2CC2)CC1. The number of likely N-dealkylation sites (tertiary alicyclic amines) is 1. The maximum absolute atomic E-state index is 12.7. The summed E-state index contributed by atoms with van der Waals surface area (Å²) in [6.07, 6.45) is 9.73. The number of amides is 1. The molecule has 3 heterocycles. The van der Waals surface area contributed by atoms with Gasteiger partial charge in [-0.25, -0.2) is 4.98 Å². The van der Waals surface area contributed by atoms with E-state index in [1.807, 2.05) is 30.2 Å². The summed E-state index contributed by atoms with van der Waals surface area (Å²) in [5.41, 5.74) is 2.85. The lowest BCUT2D eigenvalue weighted by atomic mass is 9.93. The van der Waals surface area contributed by atoms with Crippen molar-refractivity contribution < 1.29 is 4.79 Å². The molecule has 4 rings (SSSR count). The quantitative estimate of drug-likeness (QED) is 0.824. The van der Waals surface area contributed by atoms with Gasteiger partial charge in [0.2, 0.25) is 0 Å². The van der Waals surface area contributed by atoms with Gasteiger partial charge in [-0.1, -0.05) is 0 Å². The van der Waals surface area contributed by atoms with Crippen LogP contribution in [0.25, 0.3) is 0 Å². The van der Waals surface area contributed by atoms with Crippen molar-refractivity contribution >= 4 is 5.91 Å². The Kier molecular flexibility index (Phi) is 4.79. The molecule has 2 aromatic rings. The van der Waals surface area contributed by atoms with Gasteiger partial charge in [-0.05, 0) is 64.0 Å². The summed E-state index contributed by atoms with van der Waals surface area (Å²) in [6.45, 7) is 6.85. The van der Waals surface area contributed by atoms with Crippen LogP contribution in [0.5, 0.6) is 0 Å². The largest absolute Gasteiger partial charge is 0.339 e. The fourth-order valence-electron chi connectivity index (χ4n) is 4.05. The summed E-state index contributed by atoms with van der Waals surface area (Å²) < 4.78 is 2.42. The van der Waals surface area contributed by atoms with Crippen molar-refractivity contribution in [3.8, 4) is 0 Å². The molecule has 2 fully saturated rings. The number of aromatic nitrogens is 3. The highest BCUT2D eigenvalue weighted by Gasteiger charge is 2.29. The molecular weight excluding hydrogens is 324 g/mol. The lowest BCUT2D eigenvalue weighted by molar-refractivity contribution is 0.0683. The zero-order valence-corrected chi connectivity index (χ0v) is 15.8. The summed E-state index contributed by atoms with van der Waals surface area (Å²) >= 11 is 0. The Morgan fingerprint density at radius 1 is 1.15 bits per heavy atom. The average Bonchev–Trinajstić information content (AvgIpc) is 3.43. The molecule has 1 saturated heterocycles. The molecule has 2 aromatic heterocycles. The number of hydrogen-bond donors (Lipinski definition) is 0. The highest BCUT2D eigenvalue weighted by Crippen LogP contribution is 2.39. The summed E-state index contributed by atoms with van der Waals surface area (Å²) in [5.74, 6) is 2.83. The van der Waals surface area contributed by atoms with E-state index in [0.717, 1.165) is 43.7 Å². The first-order chi connectivity index (χ1) is 12.6. The minimum Gasteiger partial charge on any atom is -0.339 e. The molecule has 5 heteroatoms. The molecule has 1 aliphatic heterocycles.